The van der Waals surface area contributed by atoms with Crippen LogP contribution < -0.4 is 11.1 Å². The van der Waals surface area contributed by atoms with Gasteiger partial charge in [-0.3, -0.25) is 9.78 Å². The lowest BCUT2D eigenvalue weighted by Gasteiger charge is -2.03. The highest BCUT2D eigenvalue weighted by Gasteiger charge is 2.12. The number of carbonyl (C=O) groups is 2. The molecule has 0 atom stereocenters. The second kappa shape index (κ2) is 8.91. The van der Waals surface area contributed by atoms with Crippen molar-refractivity contribution in [2.45, 2.75) is 6.54 Å². The number of carboxylic acids is 1. The van der Waals surface area contributed by atoms with Crippen molar-refractivity contribution in [3.05, 3.63) is 82.8 Å². The number of carboxylic acid groups (broad SMARTS) is 1. The summed E-state index contributed by atoms with van der Waals surface area (Å²) in [5.41, 5.74) is 8.18. The number of halogens is 1. The molecule has 3 heterocycles. The van der Waals surface area contributed by atoms with Crippen molar-refractivity contribution in [3.8, 4) is 11.3 Å². The quantitative estimate of drug-likeness (QED) is 0.377. The zero-order chi connectivity index (χ0) is 22.7. The molecule has 0 aliphatic carbocycles. The number of aromatic nitrogens is 2. The number of nitrogens with zero attached hydrogens (tertiary/aromatic N) is 2. The third-order valence-corrected chi connectivity index (χ3v) is 4.88. The normalized spacial score (nSPS) is 11.2. The second-order valence-corrected chi connectivity index (χ2v) is 7.30. The van der Waals surface area contributed by atoms with Gasteiger partial charge in [0.05, 0.1) is 22.8 Å². The van der Waals surface area contributed by atoms with Crippen LogP contribution in [0.15, 0.2) is 65.4 Å². The summed E-state index contributed by atoms with van der Waals surface area (Å²) in [6, 6.07) is 11.8. The average Bonchev–Trinajstić information content (AvgIpc) is 3.21. The SMILES string of the molecule is Nc1ccc(C=CC(=O)NCc2cc3cc(-c4ccc(C(=O)O)cn4)cc(Cl)c3o2)cn1. The fourth-order valence-electron chi connectivity index (χ4n) is 3.01. The Hall–Kier alpha value is -4.17. The molecule has 32 heavy (non-hydrogen) atoms. The number of aromatic carboxylic acids is 1. The van der Waals surface area contributed by atoms with Crippen LogP contribution >= 0.6 is 11.6 Å². The van der Waals surface area contributed by atoms with E-state index in [0.29, 0.717) is 27.9 Å². The van der Waals surface area contributed by atoms with E-state index in [0.717, 1.165) is 16.5 Å². The number of fused-ring (bicyclic) bond motifs is 1. The van der Waals surface area contributed by atoms with Crippen molar-refractivity contribution in [2.24, 2.45) is 0 Å². The van der Waals surface area contributed by atoms with Crippen LogP contribution in [0.4, 0.5) is 5.82 Å². The van der Waals surface area contributed by atoms with E-state index in [9.17, 15) is 9.59 Å². The Bertz CT molecular complexity index is 1330. The molecule has 0 aliphatic rings. The Morgan fingerprint density at radius 2 is 1.97 bits per heavy atom. The van der Waals surface area contributed by atoms with Crippen molar-refractivity contribution in [1.82, 2.24) is 15.3 Å². The number of anilines is 1. The van der Waals surface area contributed by atoms with Crippen molar-refractivity contribution >= 4 is 46.3 Å². The summed E-state index contributed by atoms with van der Waals surface area (Å²) >= 11 is 6.37. The lowest BCUT2D eigenvalue weighted by molar-refractivity contribution is -0.116. The molecule has 1 aromatic carbocycles. The maximum absolute atomic E-state index is 12.1. The highest BCUT2D eigenvalue weighted by Crippen LogP contribution is 2.32. The fourth-order valence-corrected chi connectivity index (χ4v) is 3.28. The molecule has 0 unspecified atom stereocenters. The van der Waals surface area contributed by atoms with Gasteiger partial charge in [-0.1, -0.05) is 11.6 Å². The number of amides is 1. The highest BCUT2D eigenvalue weighted by atomic mass is 35.5. The first-order valence-corrected chi connectivity index (χ1v) is 9.86. The molecule has 0 saturated heterocycles. The summed E-state index contributed by atoms with van der Waals surface area (Å²) in [6.45, 7) is 0.176. The molecule has 3 aromatic heterocycles. The van der Waals surface area contributed by atoms with Gasteiger partial charge in [0.25, 0.3) is 0 Å². The Kier molecular flexibility index (Phi) is 5.87. The van der Waals surface area contributed by atoms with Crippen molar-refractivity contribution in [2.75, 3.05) is 5.73 Å². The van der Waals surface area contributed by atoms with Gasteiger partial charge in [0.2, 0.25) is 5.91 Å². The van der Waals surface area contributed by atoms with E-state index in [1.165, 1.54) is 18.3 Å². The van der Waals surface area contributed by atoms with E-state index in [2.05, 4.69) is 15.3 Å². The molecule has 4 aromatic rings. The maximum atomic E-state index is 12.1. The van der Waals surface area contributed by atoms with E-state index in [1.54, 1.807) is 42.6 Å². The van der Waals surface area contributed by atoms with E-state index in [4.69, 9.17) is 26.9 Å². The van der Waals surface area contributed by atoms with Crippen LogP contribution in [0.2, 0.25) is 5.02 Å². The van der Waals surface area contributed by atoms with E-state index >= 15 is 0 Å². The van der Waals surface area contributed by atoms with Crippen molar-refractivity contribution < 1.29 is 19.1 Å². The predicted octanol–water partition coefficient (Wildman–Crippen LogP) is 4.15. The number of nitrogen functional groups attached to an aromatic ring is 1. The van der Waals surface area contributed by atoms with Gasteiger partial charge in [0.1, 0.15) is 11.6 Å². The van der Waals surface area contributed by atoms with Gasteiger partial charge in [-0.05, 0) is 54.1 Å². The molecule has 0 fully saturated rings. The molecule has 160 valence electrons. The van der Waals surface area contributed by atoms with Crippen LogP contribution in [-0.2, 0) is 11.3 Å². The molecule has 0 bridgehead atoms. The molecule has 4 rings (SSSR count). The van der Waals surface area contributed by atoms with Crippen molar-refractivity contribution in [3.63, 3.8) is 0 Å². The van der Waals surface area contributed by atoms with Crippen LogP contribution in [-0.4, -0.2) is 27.0 Å². The lowest BCUT2D eigenvalue weighted by Crippen LogP contribution is -2.19. The Labute approximate surface area is 187 Å². The topological polar surface area (TPSA) is 131 Å². The second-order valence-electron chi connectivity index (χ2n) is 6.89. The van der Waals surface area contributed by atoms with E-state index in [-0.39, 0.29) is 18.0 Å². The van der Waals surface area contributed by atoms with E-state index in [1.807, 2.05) is 6.07 Å². The van der Waals surface area contributed by atoms with Crippen LogP contribution in [0.25, 0.3) is 28.3 Å². The number of nitrogens with two attached hydrogens (primary N) is 1. The summed E-state index contributed by atoms with van der Waals surface area (Å²) in [4.78, 5) is 31.2. The summed E-state index contributed by atoms with van der Waals surface area (Å²) in [7, 11) is 0. The number of carbonyl (C=O) groups excluding carboxylic acids is 1. The number of benzene rings is 1. The smallest absolute Gasteiger partial charge is 0.337 e. The zero-order valence-corrected chi connectivity index (χ0v) is 17.3. The monoisotopic (exact) mass is 448 g/mol. The molecule has 0 radical (unpaired) electrons. The van der Waals surface area contributed by atoms with Crippen LogP contribution in [0.1, 0.15) is 21.7 Å². The number of rotatable bonds is 6. The van der Waals surface area contributed by atoms with Crippen LogP contribution in [0.5, 0.6) is 0 Å². The zero-order valence-electron chi connectivity index (χ0n) is 16.6. The molecule has 1 amide bonds. The average molecular weight is 449 g/mol. The fraction of sp³-hybridized carbons (Fsp3) is 0.0435. The number of hydrogen-bond donors (Lipinski definition) is 3. The molecule has 9 heteroatoms. The first kappa shape index (κ1) is 21.1. The molecule has 0 saturated carbocycles. The summed E-state index contributed by atoms with van der Waals surface area (Å²) in [5.74, 6) is -0.397. The minimum Gasteiger partial charge on any atom is -0.478 e. The molecule has 4 N–H and O–H groups in total. The van der Waals surface area contributed by atoms with Gasteiger partial charge >= 0.3 is 5.97 Å². The van der Waals surface area contributed by atoms with Crippen molar-refractivity contribution in [1.29, 1.82) is 0 Å². The Balaban J connectivity index is 1.47. The first-order chi connectivity index (χ1) is 15.4. The Morgan fingerprint density at radius 1 is 1.12 bits per heavy atom. The maximum Gasteiger partial charge on any atom is 0.337 e. The molecule has 0 spiro atoms. The standard InChI is InChI=1S/C23H17ClN4O4/c24-18-9-15(19-4-3-14(11-26-19)23(30)31)7-16-8-17(32-22(16)18)12-28-21(29)6-2-13-1-5-20(25)27-10-13/h1-11H,12H2,(H2,25,27)(H,28,29)(H,30,31). The lowest BCUT2D eigenvalue weighted by atomic mass is 10.1. The number of pyridine rings is 2. The molecular formula is C23H17ClN4O4. The first-order valence-electron chi connectivity index (χ1n) is 9.48. The summed E-state index contributed by atoms with van der Waals surface area (Å²) in [5, 5.41) is 12.9. The van der Waals surface area contributed by atoms with Gasteiger partial charge in [-0.25, -0.2) is 9.78 Å². The van der Waals surface area contributed by atoms with Gasteiger partial charge in [-0.15, -0.1) is 0 Å². The summed E-state index contributed by atoms with van der Waals surface area (Å²) < 4.78 is 5.77. The van der Waals surface area contributed by atoms with Crippen LogP contribution in [0, 0.1) is 0 Å². The largest absolute Gasteiger partial charge is 0.478 e. The molecule has 0 aliphatic heterocycles. The van der Waals surface area contributed by atoms with Gasteiger partial charge in [0.15, 0.2) is 5.58 Å². The van der Waals surface area contributed by atoms with Gasteiger partial charge in [-0.2, -0.15) is 0 Å². The third kappa shape index (κ3) is 4.76. The Morgan fingerprint density at radius 3 is 2.66 bits per heavy atom. The molecule has 8 nitrogen and oxygen atoms in total. The molecular weight excluding hydrogens is 432 g/mol. The minimum atomic E-state index is -1.04. The number of furan rings is 1. The summed E-state index contributed by atoms with van der Waals surface area (Å²) in [6.07, 6.45) is 5.89. The highest BCUT2D eigenvalue weighted by molar-refractivity contribution is 6.35. The van der Waals surface area contributed by atoms with Gasteiger partial charge < -0.3 is 20.6 Å². The van der Waals surface area contributed by atoms with E-state index < -0.39 is 5.97 Å². The number of nitrogens with one attached hydrogen (secondary N) is 1. The van der Waals surface area contributed by atoms with Gasteiger partial charge in [0, 0.05) is 29.4 Å². The number of hydrogen-bond acceptors (Lipinski definition) is 6. The van der Waals surface area contributed by atoms with Crippen LogP contribution in [0.3, 0.4) is 0 Å². The third-order valence-electron chi connectivity index (χ3n) is 4.60. The predicted molar refractivity (Wildman–Crippen MR) is 121 cm³/mol. The minimum absolute atomic E-state index is 0.101.